The topological polar surface area (TPSA) is 44.8 Å². The number of fused-ring (bicyclic) bond motifs is 1. The van der Waals surface area contributed by atoms with Gasteiger partial charge in [-0.3, -0.25) is 9.69 Å². The Bertz CT molecular complexity index is 990. The zero-order chi connectivity index (χ0) is 22.5. The number of hydrogen-bond acceptors (Lipinski definition) is 4. The minimum absolute atomic E-state index is 0.175. The number of piperazine rings is 1. The summed E-state index contributed by atoms with van der Waals surface area (Å²) in [7, 11) is 0. The van der Waals surface area contributed by atoms with Crippen LogP contribution in [0.25, 0.3) is 6.08 Å². The highest BCUT2D eigenvalue weighted by atomic mass is 35.5. The molecule has 0 bridgehead atoms. The lowest BCUT2D eigenvalue weighted by Gasteiger charge is -2.36. The van der Waals surface area contributed by atoms with Gasteiger partial charge < -0.3 is 15.0 Å². The summed E-state index contributed by atoms with van der Waals surface area (Å²) in [5.41, 5.74) is 1.55. The second-order valence-electron chi connectivity index (χ2n) is 7.94. The van der Waals surface area contributed by atoms with E-state index in [1.807, 2.05) is 42.5 Å². The van der Waals surface area contributed by atoms with Gasteiger partial charge in [-0.1, -0.05) is 59.1 Å². The third-order valence-electron chi connectivity index (χ3n) is 5.80. The normalized spacial score (nSPS) is 18.5. The summed E-state index contributed by atoms with van der Waals surface area (Å²) in [4.78, 5) is 17.3. The van der Waals surface area contributed by atoms with Crippen molar-refractivity contribution in [2.75, 3.05) is 44.2 Å². The standard InChI is InChI=1S/C24H26Cl3N3O2/c25-19-7-5-8-20(22(19)26)30-14-12-29(13-15-30)11-4-3-10-28-24(31)18-16-17-6-1-2-9-21(17)32-23(18)27/h1-2,5-9,16,23H,3-4,10-15H2,(H,28,31). The molecular formula is C24H26Cl3N3O2. The largest absolute Gasteiger partial charge is 0.469 e. The van der Waals surface area contributed by atoms with Crippen molar-refractivity contribution >= 4 is 52.5 Å². The summed E-state index contributed by atoms with van der Waals surface area (Å²) in [5.74, 6) is 0.522. The molecule has 0 aliphatic carbocycles. The fourth-order valence-corrected chi connectivity index (χ4v) is 4.67. The molecule has 1 saturated heterocycles. The van der Waals surface area contributed by atoms with Crippen LogP contribution in [-0.4, -0.2) is 55.6 Å². The number of amides is 1. The average molecular weight is 495 g/mol. The first kappa shape index (κ1) is 23.2. The molecule has 1 amide bonds. The minimum Gasteiger partial charge on any atom is -0.469 e. The molecule has 0 radical (unpaired) electrons. The fraction of sp³-hybridized carbons (Fsp3) is 0.375. The zero-order valence-corrected chi connectivity index (χ0v) is 20.0. The van der Waals surface area contributed by atoms with Crippen molar-refractivity contribution in [3.63, 3.8) is 0 Å². The van der Waals surface area contributed by atoms with Crippen molar-refractivity contribution in [2.24, 2.45) is 0 Å². The number of unbranched alkanes of at least 4 members (excludes halogenated alkanes) is 1. The molecule has 2 heterocycles. The smallest absolute Gasteiger partial charge is 0.252 e. The molecule has 5 nitrogen and oxygen atoms in total. The Kier molecular flexibility index (Phi) is 7.84. The molecule has 4 rings (SSSR count). The van der Waals surface area contributed by atoms with Gasteiger partial charge in [0, 0.05) is 38.3 Å². The predicted octanol–water partition coefficient (Wildman–Crippen LogP) is 5.05. The maximum atomic E-state index is 12.5. The van der Waals surface area contributed by atoms with Crippen LogP contribution >= 0.6 is 34.8 Å². The Morgan fingerprint density at radius 1 is 1.03 bits per heavy atom. The first-order chi connectivity index (χ1) is 15.5. The maximum absolute atomic E-state index is 12.5. The highest BCUT2D eigenvalue weighted by Gasteiger charge is 2.25. The summed E-state index contributed by atoms with van der Waals surface area (Å²) in [5, 5.41) is 4.18. The molecule has 0 spiro atoms. The number of ether oxygens (including phenoxy) is 1. The van der Waals surface area contributed by atoms with Crippen LogP contribution in [0.5, 0.6) is 5.75 Å². The van der Waals surface area contributed by atoms with E-state index < -0.39 is 5.56 Å². The maximum Gasteiger partial charge on any atom is 0.252 e. The number of hydrogen-bond donors (Lipinski definition) is 1. The van der Waals surface area contributed by atoms with E-state index in [1.165, 1.54) is 0 Å². The Balaban J connectivity index is 1.16. The van der Waals surface area contributed by atoms with E-state index >= 15 is 0 Å². The van der Waals surface area contributed by atoms with Gasteiger partial charge in [-0.25, -0.2) is 0 Å². The van der Waals surface area contributed by atoms with E-state index in [2.05, 4.69) is 15.1 Å². The van der Waals surface area contributed by atoms with Gasteiger partial charge in [-0.15, -0.1) is 0 Å². The summed E-state index contributed by atoms with van der Waals surface area (Å²) in [6.07, 6.45) is 3.72. The number of nitrogens with zero attached hydrogens (tertiary/aromatic N) is 2. The van der Waals surface area contributed by atoms with Crippen molar-refractivity contribution in [1.29, 1.82) is 0 Å². The lowest BCUT2D eigenvalue weighted by molar-refractivity contribution is -0.117. The van der Waals surface area contributed by atoms with E-state index in [4.69, 9.17) is 39.5 Å². The highest BCUT2D eigenvalue weighted by molar-refractivity contribution is 6.43. The molecule has 2 aliphatic rings. The minimum atomic E-state index is -0.769. The van der Waals surface area contributed by atoms with Gasteiger partial charge in [0.05, 0.1) is 21.3 Å². The molecule has 1 N–H and O–H groups in total. The van der Waals surface area contributed by atoms with E-state index in [-0.39, 0.29) is 5.91 Å². The second-order valence-corrected chi connectivity index (χ2v) is 9.12. The average Bonchev–Trinajstić information content (AvgIpc) is 2.80. The zero-order valence-electron chi connectivity index (χ0n) is 17.7. The van der Waals surface area contributed by atoms with Gasteiger partial charge in [0.25, 0.3) is 5.91 Å². The summed E-state index contributed by atoms with van der Waals surface area (Å²) < 4.78 is 5.64. The monoisotopic (exact) mass is 493 g/mol. The van der Waals surface area contributed by atoms with Gasteiger partial charge in [-0.05, 0) is 43.7 Å². The summed E-state index contributed by atoms with van der Waals surface area (Å²) in [6, 6.07) is 13.3. The van der Waals surface area contributed by atoms with Crippen LogP contribution in [0.15, 0.2) is 48.0 Å². The summed E-state index contributed by atoms with van der Waals surface area (Å²) in [6.45, 7) is 5.41. The second kappa shape index (κ2) is 10.8. The molecule has 2 aromatic carbocycles. The molecule has 1 unspecified atom stereocenters. The Morgan fingerprint density at radius 3 is 2.62 bits per heavy atom. The SMILES string of the molecule is O=C(NCCCCN1CCN(c2cccc(Cl)c2Cl)CC1)C1=Cc2ccccc2OC1Cl. The number of carbonyl (C=O) groups is 1. The van der Waals surface area contributed by atoms with Gasteiger partial charge in [0.2, 0.25) is 5.56 Å². The van der Waals surface area contributed by atoms with E-state index in [0.717, 1.165) is 56.8 Å². The third kappa shape index (κ3) is 5.52. The Hall–Kier alpha value is -1.92. The fourth-order valence-electron chi connectivity index (χ4n) is 4.00. The molecule has 8 heteroatoms. The Labute approximate surface area is 203 Å². The first-order valence-electron chi connectivity index (χ1n) is 10.8. The van der Waals surface area contributed by atoms with Crippen LogP contribution in [0, 0.1) is 0 Å². The number of alkyl halides is 1. The van der Waals surface area contributed by atoms with Crippen molar-refractivity contribution < 1.29 is 9.53 Å². The van der Waals surface area contributed by atoms with Gasteiger partial charge in [-0.2, -0.15) is 0 Å². The van der Waals surface area contributed by atoms with E-state index in [1.54, 1.807) is 6.08 Å². The van der Waals surface area contributed by atoms with Crippen LogP contribution in [0.3, 0.4) is 0 Å². The highest BCUT2D eigenvalue weighted by Crippen LogP contribution is 2.33. The molecule has 1 fully saturated rings. The lowest BCUT2D eigenvalue weighted by atomic mass is 10.1. The van der Waals surface area contributed by atoms with Gasteiger partial charge in [0.15, 0.2) is 0 Å². The Morgan fingerprint density at radius 2 is 1.81 bits per heavy atom. The number of benzene rings is 2. The molecule has 1 atom stereocenters. The van der Waals surface area contributed by atoms with Crippen LogP contribution in [0.4, 0.5) is 5.69 Å². The van der Waals surface area contributed by atoms with Crippen LogP contribution in [0.2, 0.25) is 10.0 Å². The molecule has 2 aromatic rings. The molecule has 0 aromatic heterocycles. The van der Waals surface area contributed by atoms with Crippen LogP contribution in [-0.2, 0) is 4.79 Å². The third-order valence-corrected chi connectivity index (χ3v) is 6.93. The molecular weight excluding hydrogens is 469 g/mol. The predicted molar refractivity (Wildman–Crippen MR) is 132 cm³/mol. The van der Waals surface area contributed by atoms with Crippen molar-refractivity contribution in [3.05, 3.63) is 63.6 Å². The number of nitrogens with one attached hydrogen (secondary N) is 1. The van der Waals surface area contributed by atoms with E-state index in [9.17, 15) is 4.79 Å². The number of para-hydroxylation sites is 1. The molecule has 0 saturated carbocycles. The first-order valence-corrected chi connectivity index (χ1v) is 12.0. The number of halogens is 3. The summed E-state index contributed by atoms with van der Waals surface area (Å²) >= 11 is 18.7. The van der Waals surface area contributed by atoms with E-state index in [0.29, 0.717) is 27.9 Å². The quantitative estimate of drug-likeness (QED) is 0.432. The number of anilines is 1. The molecule has 32 heavy (non-hydrogen) atoms. The van der Waals surface area contributed by atoms with Crippen LogP contribution < -0.4 is 15.0 Å². The van der Waals surface area contributed by atoms with Crippen molar-refractivity contribution in [3.8, 4) is 5.75 Å². The van der Waals surface area contributed by atoms with Gasteiger partial charge in [0.1, 0.15) is 5.75 Å². The number of carbonyl (C=O) groups excluding carboxylic acids is 1. The van der Waals surface area contributed by atoms with Crippen molar-refractivity contribution in [2.45, 2.75) is 18.4 Å². The lowest BCUT2D eigenvalue weighted by Crippen LogP contribution is -2.46. The van der Waals surface area contributed by atoms with Gasteiger partial charge >= 0.3 is 0 Å². The molecule has 170 valence electrons. The number of rotatable bonds is 7. The van der Waals surface area contributed by atoms with Crippen LogP contribution in [0.1, 0.15) is 18.4 Å². The van der Waals surface area contributed by atoms with Crippen molar-refractivity contribution in [1.82, 2.24) is 10.2 Å². The molecule has 2 aliphatic heterocycles.